The van der Waals surface area contributed by atoms with Crippen LogP contribution in [-0.4, -0.2) is 41.9 Å². The molecule has 112 valence electrons. The zero-order valence-corrected chi connectivity index (χ0v) is 13.2. The van der Waals surface area contributed by atoms with Crippen LogP contribution in [0.3, 0.4) is 0 Å². The number of sulfonamides is 1. The molecule has 1 unspecified atom stereocenters. The van der Waals surface area contributed by atoms with E-state index in [1.54, 1.807) is 18.3 Å². The van der Waals surface area contributed by atoms with E-state index < -0.39 is 10.0 Å². The molecule has 3 rings (SSSR count). The Kier molecular flexibility index (Phi) is 4.12. The largest absolute Gasteiger partial charge is 0.473 e. The van der Waals surface area contributed by atoms with Gasteiger partial charge in [0.25, 0.3) is 10.0 Å². The van der Waals surface area contributed by atoms with Crippen molar-refractivity contribution in [2.45, 2.75) is 16.7 Å². The van der Waals surface area contributed by atoms with E-state index in [1.807, 2.05) is 0 Å². The first-order chi connectivity index (χ1) is 10.1. The highest BCUT2D eigenvalue weighted by Gasteiger charge is 2.34. The molecule has 6 nitrogen and oxygen atoms in total. The zero-order valence-electron chi connectivity index (χ0n) is 10.8. The van der Waals surface area contributed by atoms with Crippen LogP contribution in [0, 0.1) is 0 Å². The zero-order chi connectivity index (χ0) is 14.9. The Bertz CT molecular complexity index is 720. The number of hydrogen-bond acceptors (Lipinski definition) is 6. The molecule has 1 saturated heterocycles. The topological polar surface area (TPSA) is 72.4 Å². The molecular formula is C12H12ClN3O3S2. The lowest BCUT2D eigenvalue weighted by molar-refractivity contribution is 0.206. The van der Waals surface area contributed by atoms with E-state index in [9.17, 15) is 8.42 Å². The lowest BCUT2D eigenvalue weighted by Gasteiger charge is -2.15. The van der Waals surface area contributed by atoms with Crippen LogP contribution >= 0.6 is 22.9 Å². The first-order valence-electron chi connectivity index (χ1n) is 6.24. The molecular weight excluding hydrogens is 334 g/mol. The summed E-state index contributed by atoms with van der Waals surface area (Å²) >= 11 is 6.87. The third kappa shape index (κ3) is 3.18. The number of ether oxygens (including phenoxy) is 1. The van der Waals surface area contributed by atoms with Crippen LogP contribution in [0.1, 0.15) is 6.42 Å². The molecule has 0 bridgehead atoms. The van der Waals surface area contributed by atoms with Gasteiger partial charge in [-0.2, -0.15) is 4.31 Å². The molecule has 2 aromatic heterocycles. The second-order valence-corrected chi connectivity index (χ2v) is 8.38. The molecule has 1 aliphatic rings. The minimum absolute atomic E-state index is 0.204. The highest BCUT2D eigenvalue weighted by molar-refractivity contribution is 7.91. The Labute approximate surface area is 131 Å². The van der Waals surface area contributed by atoms with Gasteiger partial charge in [-0.3, -0.25) is 0 Å². The van der Waals surface area contributed by atoms with E-state index >= 15 is 0 Å². The van der Waals surface area contributed by atoms with Crippen molar-refractivity contribution in [3.8, 4) is 5.88 Å². The van der Waals surface area contributed by atoms with Crippen LogP contribution in [0.2, 0.25) is 4.34 Å². The summed E-state index contributed by atoms with van der Waals surface area (Å²) in [5.74, 6) is 0.452. The van der Waals surface area contributed by atoms with Gasteiger partial charge in [0.1, 0.15) is 16.6 Å². The monoisotopic (exact) mass is 345 g/mol. The van der Waals surface area contributed by atoms with Crippen LogP contribution in [-0.2, 0) is 10.0 Å². The lowest BCUT2D eigenvalue weighted by Crippen LogP contribution is -2.30. The van der Waals surface area contributed by atoms with Crippen molar-refractivity contribution in [3.05, 3.63) is 35.1 Å². The Morgan fingerprint density at radius 2 is 2.24 bits per heavy atom. The normalized spacial score (nSPS) is 19.8. The Balaban J connectivity index is 1.69. The first kappa shape index (κ1) is 14.7. The van der Waals surface area contributed by atoms with Crippen molar-refractivity contribution < 1.29 is 13.2 Å². The lowest BCUT2D eigenvalue weighted by atomic mass is 10.3. The molecule has 9 heteroatoms. The fraction of sp³-hybridized carbons (Fsp3) is 0.333. The van der Waals surface area contributed by atoms with Crippen LogP contribution in [0.4, 0.5) is 0 Å². The van der Waals surface area contributed by atoms with Crippen molar-refractivity contribution >= 4 is 33.0 Å². The first-order valence-corrected chi connectivity index (χ1v) is 8.87. The molecule has 0 saturated carbocycles. The predicted molar refractivity (Wildman–Crippen MR) is 79.2 cm³/mol. The Morgan fingerprint density at radius 1 is 1.38 bits per heavy atom. The Hall–Kier alpha value is -1.22. The second-order valence-electron chi connectivity index (χ2n) is 4.50. The molecule has 0 aliphatic carbocycles. The van der Waals surface area contributed by atoms with Gasteiger partial charge in [-0.15, -0.1) is 11.3 Å². The van der Waals surface area contributed by atoms with Gasteiger partial charge < -0.3 is 4.74 Å². The number of rotatable bonds is 4. The van der Waals surface area contributed by atoms with Crippen LogP contribution in [0.15, 0.2) is 34.9 Å². The molecule has 0 amide bonds. The highest BCUT2D eigenvalue weighted by Crippen LogP contribution is 2.30. The predicted octanol–water partition coefficient (Wildman–Crippen LogP) is 2.03. The number of halogens is 1. The number of aromatic nitrogens is 2. The van der Waals surface area contributed by atoms with Crippen LogP contribution in [0.5, 0.6) is 5.88 Å². The van der Waals surface area contributed by atoms with Gasteiger partial charge in [0.05, 0.1) is 10.9 Å². The van der Waals surface area contributed by atoms with E-state index in [0.717, 1.165) is 11.3 Å². The van der Waals surface area contributed by atoms with Crippen LogP contribution < -0.4 is 4.74 Å². The third-order valence-corrected chi connectivity index (χ3v) is 6.66. The maximum atomic E-state index is 12.4. The maximum Gasteiger partial charge on any atom is 0.252 e. The molecule has 3 heterocycles. The minimum atomic E-state index is -3.49. The number of nitrogens with zero attached hydrogens (tertiary/aromatic N) is 3. The summed E-state index contributed by atoms with van der Waals surface area (Å²) in [6.07, 6.45) is 3.40. The molecule has 1 fully saturated rings. The third-order valence-electron chi connectivity index (χ3n) is 3.09. The number of thiophene rings is 1. The maximum absolute atomic E-state index is 12.4. The van der Waals surface area contributed by atoms with Gasteiger partial charge in [0.15, 0.2) is 0 Å². The minimum Gasteiger partial charge on any atom is -0.473 e. The molecule has 21 heavy (non-hydrogen) atoms. The fourth-order valence-electron chi connectivity index (χ4n) is 2.09. The highest BCUT2D eigenvalue weighted by atomic mass is 35.5. The molecule has 2 aromatic rings. The molecule has 0 aromatic carbocycles. The molecule has 0 radical (unpaired) electrons. The van der Waals surface area contributed by atoms with Gasteiger partial charge >= 0.3 is 0 Å². The van der Waals surface area contributed by atoms with Gasteiger partial charge in [0, 0.05) is 18.8 Å². The van der Waals surface area contributed by atoms with Crippen molar-refractivity contribution in [2.75, 3.05) is 13.1 Å². The standard InChI is InChI=1S/C12H12ClN3O3S2/c13-10-1-2-12(20-10)21(17,18)16-6-4-9(7-16)19-11-3-5-14-8-15-11/h1-3,5,8-9H,4,6-7H2. The van der Waals surface area contributed by atoms with Crippen LogP contribution in [0.25, 0.3) is 0 Å². The SMILES string of the molecule is O=S(=O)(c1ccc(Cl)s1)N1CCC(Oc2ccncn2)C1. The smallest absolute Gasteiger partial charge is 0.252 e. The van der Waals surface area contributed by atoms with E-state index in [2.05, 4.69) is 9.97 Å². The molecule has 0 spiro atoms. The van der Waals surface area contributed by atoms with Gasteiger partial charge in [-0.25, -0.2) is 18.4 Å². The van der Waals surface area contributed by atoms with E-state index in [1.165, 1.54) is 16.7 Å². The molecule has 0 N–H and O–H groups in total. The van der Waals surface area contributed by atoms with Gasteiger partial charge in [0.2, 0.25) is 5.88 Å². The summed E-state index contributed by atoms with van der Waals surface area (Å²) < 4.78 is 32.7. The van der Waals surface area contributed by atoms with Crippen molar-refractivity contribution in [2.24, 2.45) is 0 Å². The van der Waals surface area contributed by atoms with Gasteiger partial charge in [-0.05, 0) is 18.6 Å². The second kappa shape index (κ2) is 5.88. The summed E-state index contributed by atoms with van der Waals surface area (Å²) in [5.41, 5.74) is 0. The summed E-state index contributed by atoms with van der Waals surface area (Å²) in [4.78, 5) is 7.78. The van der Waals surface area contributed by atoms with Crippen molar-refractivity contribution in [1.82, 2.24) is 14.3 Å². The molecule has 1 aliphatic heterocycles. The summed E-state index contributed by atoms with van der Waals surface area (Å²) in [7, 11) is -3.49. The number of hydrogen-bond donors (Lipinski definition) is 0. The average molecular weight is 346 g/mol. The summed E-state index contributed by atoms with van der Waals surface area (Å²) in [5, 5.41) is 0. The quantitative estimate of drug-likeness (QED) is 0.847. The van der Waals surface area contributed by atoms with Gasteiger partial charge in [-0.1, -0.05) is 11.6 Å². The average Bonchev–Trinajstić information content (AvgIpc) is 3.10. The van der Waals surface area contributed by atoms with E-state index in [4.69, 9.17) is 16.3 Å². The summed E-state index contributed by atoms with van der Waals surface area (Å²) in [6.45, 7) is 0.732. The Morgan fingerprint density at radius 3 is 2.90 bits per heavy atom. The fourth-order valence-corrected chi connectivity index (χ4v) is 5.22. The van der Waals surface area contributed by atoms with Crippen molar-refractivity contribution in [1.29, 1.82) is 0 Å². The molecule has 1 atom stereocenters. The van der Waals surface area contributed by atoms with Crippen molar-refractivity contribution in [3.63, 3.8) is 0 Å². The van der Waals surface area contributed by atoms with E-state index in [-0.39, 0.29) is 10.3 Å². The van der Waals surface area contributed by atoms with E-state index in [0.29, 0.717) is 29.7 Å². The summed E-state index contributed by atoms with van der Waals surface area (Å²) in [6, 6.07) is 4.77.